The van der Waals surface area contributed by atoms with Gasteiger partial charge in [0, 0.05) is 0 Å². The highest BCUT2D eigenvalue weighted by molar-refractivity contribution is 5.82. The van der Waals surface area contributed by atoms with Crippen LogP contribution >= 0.6 is 0 Å². The monoisotopic (exact) mass is 161 g/mol. The molecule has 0 aliphatic carbocycles. The van der Waals surface area contributed by atoms with Crippen LogP contribution in [0.4, 0.5) is 8.78 Å². The van der Waals surface area contributed by atoms with Gasteiger partial charge in [-0.05, 0) is 0 Å². The molecule has 0 radical (unpaired) electrons. The van der Waals surface area contributed by atoms with Crippen molar-refractivity contribution < 1.29 is 18.7 Å². The number of halogens is 2. The van der Waals surface area contributed by atoms with Gasteiger partial charge in [0.1, 0.15) is 0 Å². The molecule has 0 saturated carbocycles. The number of rotatable bonds is 1. The number of carboxylic acid groups (broad SMARTS) is 1. The first kappa shape index (κ1) is 7.45. The van der Waals surface area contributed by atoms with Gasteiger partial charge in [-0.1, -0.05) is 0 Å². The molecule has 0 aliphatic rings. The summed E-state index contributed by atoms with van der Waals surface area (Å²) in [6.07, 6.45) is -2.90. The van der Waals surface area contributed by atoms with Gasteiger partial charge in [-0.3, -0.25) is 0 Å². The molecule has 1 rings (SSSR count). The molecule has 1 aromatic rings. The van der Waals surface area contributed by atoms with Crippen LogP contribution in [0.3, 0.4) is 0 Å². The lowest BCUT2D eigenvalue weighted by atomic mass is 10.6. The van der Waals surface area contributed by atoms with E-state index in [0.29, 0.717) is 0 Å². The molecular weight excluding hydrogens is 160 g/mol. The fourth-order valence-corrected chi connectivity index (χ4v) is 0.422. The van der Waals surface area contributed by atoms with Crippen molar-refractivity contribution in [3.05, 3.63) is 18.0 Å². The lowest BCUT2D eigenvalue weighted by molar-refractivity contribution is 0.0678. The van der Waals surface area contributed by atoms with E-state index in [0.717, 1.165) is 0 Å². The lowest BCUT2D eigenvalue weighted by Crippen LogP contribution is -2.09. The number of aromatic nitrogens is 3. The molecule has 7 heteroatoms. The Labute approximate surface area is 58.7 Å². The lowest BCUT2D eigenvalue weighted by Gasteiger charge is -1.90. The highest BCUT2D eigenvalue weighted by atomic mass is 19.1. The molecule has 0 unspecified atom stereocenters. The number of aromatic carboxylic acids is 1. The van der Waals surface area contributed by atoms with Crippen LogP contribution in [0.1, 0.15) is 10.6 Å². The highest BCUT2D eigenvalue weighted by Gasteiger charge is 2.10. The second-order valence-electron chi connectivity index (χ2n) is 1.50. The van der Waals surface area contributed by atoms with Gasteiger partial charge < -0.3 is 5.11 Å². The van der Waals surface area contributed by atoms with Crippen molar-refractivity contribution in [3.63, 3.8) is 0 Å². The Bertz CT molecular complexity index is 283. The summed E-state index contributed by atoms with van der Waals surface area (Å²) < 4.78 is 24.0. The summed E-state index contributed by atoms with van der Waals surface area (Å²) >= 11 is 0. The van der Waals surface area contributed by atoms with E-state index in [4.69, 9.17) is 5.11 Å². The quantitative estimate of drug-likeness (QED) is 0.619. The number of hydrogen-bond donors (Lipinski definition) is 1. The molecule has 1 heterocycles. The van der Waals surface area contributed by atoms with E-state index in [9.17, 15) is 13.6 Å². The number of nitrogens with zero attached hydrogens (tertiary/aromatic N) is 3. The van der Waals surface area contributed by atoms with Gasteiger partial charge in [-0.2, -0.15) is 23.7 Å². The average Bonchev–Trinajstić information content (AvgIpc) is 1.85. The van der Waals surface area contributed by atoms with Gasteiger partial charge in [0.2, 0.25) is 5.82 Å². The molecule has 1 aromatic heterocycles. The summed E-state index contributed by atoms with van der Waals surface area (Å²) in [7, 11) is 0. The van der Waals surface area contributed by atoms with Gasteiger partial charge in [0.05, 0.1) is 0 Å². The van der Waals surface area contributed by atoms with Crippen LogP contribution < -0.4 is 0 Å². The molecule has 0 amide bonds. The Morgan fingerprint density at radius 3 is 2.00 bits per heavy atom. The molecule has 0 aliphatic heterocycles. The Balaban J connectivity index is 3.19. The summed E-state index contributed by atoms with van der Waals surface area (Å²) in [5.74, 6) is -2.56. The SMILES string of the molecule is O=C(O)c1nc(F)nc(F)n1. The Hall–Kier alpha value is -1.66. The van der Waals surface area contributed by atoms with Crippen molar-refractivity contribution in [1.29, 1.82) is 0 Å². The second kappa shape index (κ2) is 2.52. The van der Waals surface area contributed by atoms with Crippen LogP contribution in [0.5, 0.6) is 0 Å². The van der Waals surface area contributed by atoms with E-state index in [-0.39, 0.29) is 0 Å². The maximum Gasteiger partial charge on any atom is 0.374 e. The fraction of sp³-hybridized carbons (Fsp3) is 0. The Morgan fingerprint density at radius 2 is 1.64 bits per heavy atom. The highest BCUT2D eigenvalue weighted by Crippen LogP contribution is 1.92. The average molecular weight is 161 g/mol. The van der Waals surface area contributed by atoms with Crippen LogP contribution in [0, 0.1) is 12.2 Å². The molecule has 1 N–H and O–H groups in total. The first-order valence-corrected chi connectivity index (χ1v) is 2.40. The third kappa shape index (κ3) is 1.63. The summed E-state index contributed by atoms with van der Waals surface area (Å²) in [6, 6.07) is 0. The van der Waals surface area contributed by atoms with Crippen LogP contribution in [0.25, 0.3) is 0 Å². The molecule has 0 fully saturated rings. The maximum absolute atomic E-state index is 12.0. The Morgan fingerprint density at radius 1 is 1.18 bits per heavy atom. The van der Waals surface area contributed by atoms with Crippen molar-refractivity contribution >= 4 is 5.97 Å². The Kier molecular flexibility index (Phi) is 1.71. The fourth-order valence-electron chi connectivity index (χ4n) is 0.422. The van der Waals surface area contributed by atoms with Crippen LogP contribution in [0.2, 0.25) is 0 Å². The minimum atomic E-state index is -1.61. The van der Waals surface area contributed by atoms with Gasteiger partial charge in [0.15, 0.2) is 0 Å². The van der Waals surface area contributed by atoms with Gasteiger partial charge in [0.25, 0.3) is 0 Å². The van der Waals surface area contributed by atoms with Crippen molar-refractivity contribution in [2.24, 2.45) is 0 Å². The zero-order chi connectivity index (χ0) is 8.43. The predicted molar refractivity (Wildman–Crippen MR) is 26.7 cm³/mol. The largest absolute Gasteiger partial charge is 0.475 e. The third-order valence-electron chi connectivity index (χ3n) is 0.772. The van der Waals surface area contributed by atoms with E-state index in [1.54, 1.807) is 0 Å². The molecule has 0 atom stereocenters. The van der Waals surface area contributed by atoms with Crippen molar-refractivity contribution in [3.8, 4) is 0 Å². The summed E-state index contributed by atoms with van der Waals surface area (Å²) in [5, 5.41) is 8.15. The van der Waals surface area contributed by atoms with E-state index in [2.05, 4.69) is 15.0 Å². The van der Waals surface area contributed by atoms with E-state index in [1.807, 2.05) is 0 Å². The molecular formula is C4HF2N3O2. The molecule has 11 heavy (non-hydrogen) atoms. The maximum atomic E-state index is 12.0. The zero-order valence-corrected chi connectivity index (χ0v) is 4.95. The molecule has 58 valence electrons. The molecule has 0 aromatic carbocycles. The van der Waals surface area contributed by atoms with Crippen molar-refractivity contribution in [1.82, 2.24) is 15.0 Å². The topological polar surface area (TPSA) is 76.0 Å². The first-order valence-electron chi connectivity index (χ1n) is 2.40. The van der Waals surface area contributed by atoms with Gasteiger partial charge >= 0.3 is 18.1 Å². The normalized spacial score (nSPS) is 9.64. The van der Waals surface area contributed by atoms with Crippen molar-refractivity contribution in [2.75, 3.05) is 0 Å². The molecule has 0 spiro atoms. The van der Waals surface area contributed by atoms with Crippen LogP contribution in [0.15, 0.2) is 0 Å². The molecule has 5 nitrogen and oxygen atoms in total. The third-order valence-corrected chi connectivity index (χ3v) is 0.772. The molecule has 0 bridgehead atoms. The first-order chi connectivity index (χ1) is 5.09. The minimum absolute atomic E-state index is 0.949. The van der Waals surface area contributed by atoms with E-state index < -0.39 is 24.0 Å². The second-order valence-corrected chi connectivity index (χ2v) is 1.50. The van der Waals surface area contributed by atoms with E-state index >= 15 is 0 Å². The number of carbonyl (C=O) groups is 1. The minimum Gasteiger partial charge on any atom is -0.475 e. The van der Waals surface area contributed by atoms with Gasteiger partial charge in [-0.25, -0.2) is 4.79 Å². The standard InChI is InChI=1S/C4HF2N3O2/c5-3-7-1(2(10)11)8-4(6)9-3/h(H,10,11). The zero-order valence-electron chi connectivity index (χ0n) is 4.95. The number of hydrogen-bond acceptors (Lipinski definition) is 4. The smallest absolute Gasteiger partial charge is 0.374 e. The summed E-state index contributed by atoms with van der Waals surface area (Å²) in [5.41, 5.74) is 0. The molecule has 0 saturated heterocycles. The van der Waals surface area contributed by atoms with Crippen LogP contribution in [-0.4, -0.2) is 26.0 Å². The summed E-state index contributed by atoms with van der Waals surface area (Å²) in [6.45, 7) is 0. The summed E-state index contributed by atoms with van der Waals surface area (Å²) in [4.78, 5) is 17.9. The predicted octanol–water partition coefficient (Wildman–Crippen LogP) is -0.152. The van der Waals surface area contributed by atoms with Crippen molar-refractivity contribution in [2.45, 2.75) is 0 Å². The van der Waals surface area contributed by atoms with Crippen LogP contribution in [-0.2, 0) is 0 Å². The van der Waals surface area contributed by atoms with E-state index in [1.165, 1.54) is 0 Å². The van der Waals surface area contributed by atoms with Gasteiger partial charge in [-0.15, -0.1) is 0 Å². The number of carboxylic acids is 1.